The summed E-state index contributed by atoms with van der Waals surface area (Å²) in [5, 5.41) is 3.05. The molecule has 0 radical (unpaired) electrons. The number of pyridine rings is 1. The number of carbonyl (C=O) groups excluding carboxylic acids is 2. The number of likely N-dealkylation sites (tertiary alicyclic amines) is 2. The molecule has 1 atom stereocenters. The quantitative estimate of drug-likeness (QED) is 0.747. The fourth-order valence-electron chi connectivity index (χ4n) is 4.30. The number of hydrogen-bond acceptors (Lipinski definition) is 5. The highest BCUT2D eigenvalue weighted by Crippen LogP contribution is 2.24. The van der Waals surface area contributed by atoms with Crippen LogP contribution in [-0.2, 0) is 16.1 Å². The van der Waals surface area contributed by atoms with Gasteiger partial charge in [0.05, 0.1) is 24.7 Å². The fraction of sp³-hybridized carbons (Fsp3) is 0.682. The van der Waals surface area contributed by atoms with Crippen LogP contribution in [0.5, 0.6) is 0 Å². The van der Waals surface area contributed by atoms with Crippen molar-refractivity contribution in [3.8, 4) is 0 Å². The van der Waals surface area contributed by atoms with Gasteiger partial charge in [-0.3, -0.25) is 24.4 Å². The van der Waals surface area contributed by atoms with Gasteiger partial charge in [0.15, 0.2) is 0 Å². The van der Waals surface area contributed by atoms with Crippen LogP contribution < -0.4 is 5.32 Å². The number of piperidine rings is 2. The largest absolute Gasteiger partial charge is 0.350 e. The van der Waals surface area contributed by atoms with Crippen molar-refractivity contribution < 1.29 is 9.59 Å². The highest BCUT2D eigenvalue weighted by molar-refractivity contribution is 5.79. The van der Waals surface area contributed by atoms with E-state index in [0.717, 1.165) is 64.1 Å². The van der Waals surface area contributed by atoms with E-state index in [2.05, 4.69) is 22.1 Å². The van der Waals surface area contributed by atoms with Crippen molar-refractivity contribution >= 4 is 11.8 Å². The van der Waals surface area contributed by atoms with Crippen LogP contribution in [-0.4, -0.2) is 83.9 Å². The van der Waals surface area contributed by atoms with Gasteiger partial charge in [0.2, 0.25) is 11.8 Å². The number of rotatable bonds is 7. The molecule has 29 heavy (non-hydrogen) atoms. The molecule has 7 heteroatoms. The Bertz CT molecular complexity index is 660. The first-order chi connectivity index (χ1) is 14.1. The minimum Gasteiger partial charge on any atom is -0.350 e. The van der Waals surface area contributed by atoms with Gasteiger partial charge in [-0.1, -0.05) is 13.0 Å². The van der Waals surface area contributed by atoms with E-state index in [1.165, 1.54) is 0 Å². The summed E-state index contributed by atoms with van der Waals surface area (Å²) < 4.78 is 0. The third-order valence-electron chi connectivity index (χ3n) is 6.27. The molecule has 2 aliphatic heterocycles. The summed E-state index contributed by atoms with van der Waals surface area (Å²) in [6, 6.07) is 6.23. The van der Waals surface area contributed by atoms with Crippen molar-refractivity contribution in [1.29, 1.82) is 0 Å². The number of carbonyl (C=O) groups is 2. The maximum absolute atomic E-state index is 12.6. The standard InChI is InChI=1S/C22H35N5O2/c1-3-25(2)17-21(28)26-13-9-20(10-14-26)27-12-6-7-18(16-27)22(29)24-15-19-8-4-5-11-23-19/h4-5,8,11,18,20H,3,6-7,9-10,12-17H2,1-2H3,(H,24,29). The molecule has 160 valence electrons. The number of likely N-dealkylation sites (N-methyl/N-ethyl adjacent to an activating group) is 1. The molecule has 1 unspecified atom stereocenters. The average Bonchev–Trinajstić information content (AvgIpc) is 2.78. The van der Waals surface area contributed by atoms with Gasteiger partial charge >= 0.3 is 0 Å². The Hall–Kier alpha value is -1.99. The molecule has 2 saturated heterocycles. The Labute approximate surface area is 174 Å². The van der Waals surface area contributed by atoms with Gasteiger partial charge in [-0.25, -0.2) is 0 Å². The summed E-state index contributed by atoms with van der Waals surface area (Å²) in [4.78, 5) is 35.8. The molecule has 0 aromatic carbocycles. The van der Waals surface area contributed by atoms with Gasteiger partial charge in [-0.05, 0) is 58.0 Å². The van der Waals surface area contributed by atoms with Gasteiger partial charge in [0, 0.05) is 31.9 Å². The van der Waals surface area contributed by atoms with E-state index in [0.29, 0.717) is 19.1 Å². The zero-order valence-corrected chi connectivity index (χ0v) is 17.8. The van der Waals surface area contributed by atoms with Crippen molar-refractivity contribution in [2.75, 3.05) is 46.3 Å². The lowest BCUT2D eigenvalue weighted by molar-refractivity contribution is -0.133. The van der Waals surface area contributed by atoms with Crippen LogP contribution in [0.15, 0.2) is 24.4 Å². The number of amides is 2. The van der Waals surface area contributed by atoms with Gasteiger partial charge in [-0.2, -0.15) is 0 Å². The summed E-state index contributed by atoms with van der Waals surface area (Å²) in [6.07, 6.45) is 5.77. The van der Waals surface area contributed by atoms with E-state index < -0.39 is 0 Å². The highest BCUT2D eigenvalue weighted by Gasteiger charge is 2.32. The predicted octanol–water partition coefficient (Wildman–Crippen LogP) is 1.35. The fourth-order valence-corrected chi connectivity index (χ4v) is 4.30. The van der Waals surface area contributed by atoms with E-state index in [1.54, 1.807) is 6.20 Å². The molecular weight excluding hydrogens is 366 g/mol. The third kappa shape index (κ3) is 6.24. The van der Waals surface area contributed by atoms with Gasteiger partial charge in [0.25, 0.3) is 0 Å². The number of nitrogens with one attached hydrogen (secondary N) is 1. The molecule has 2 aliphatic rings. The molecular formula is C22H35N5O2. The summed E-state index contributed by atoms with van der Waals surface area (Å²) in [5.74, 6) is 0.416. The second-order valence-electron chi connectivity index (χ2n) is 8.32. The maximum atomic E-state index is 12.6. The number of hydrogen-bond donors (Lipinski definition) is 1. The van der Waals surface area contributed by atoms with E-state index in [4.69, 9.17) is 0 Å². The van der Waals surface area contributed by atoms with E-state index >= 15 is 0 Å². The zero-order chi connectivity index (χ0) is 20.6. The minimum absolute atomic E-state index is 0.0466. The van der Waals surface area contributed by atoms with Crippen LogP contribution in [0.4, 0.5) is 0 Å². The average molecular weight is 402 g/mol. The highest BCUT2D eigenvalue weighted by atomic mass is 16.2. The molecule has 3 heterocycles. The van der Waals surface area contributed by atoms with Crippen LogP contribution >= 0.6 is 0 Å². The minimum atomic E-state index is 0.0466. The Morgan fingerprint density at radius 2 is 2.00 bits per heavy atom. The third-order valence-corrected chi connectivity index (χ3v) is 6.27. The topological polar surface area (TPSA) is 68.8 Å². The first kappa shape index (κ1) is 21.7. The van der Waals surface area contributed by atoms with Crippen molar-refractivity contribution in [3.63, 3.8) is 0 Å². The van der Waals surface area contributed by atoms with Gasteiger partial charge < -0.3 is 10.2 Å². The lowest BCUT2D eigenvalue weighted by atomic mass is 9.93. The second-order valence-corrected chi connectivity index (χ2v) is 8.32. The van der Waals surface area contributed by atoms with Crippen LogP contribution in [0.3, 0.4) is 0 Å². The van der Waals surface area contributed by atoms with Crippen LogP contribution in [0.1, 0.15) is 38.3 Å². The predicted molar refractivity (Wildman–Crippen MR) is 113 cm³/mol. The van der Waals surface area contributed by atoms with E-state index in [9.17, 15) is 9.59 Å². The summed E-state index contributed by atoms with van der Waals surface area (Å²) in [7, 11) is 1.98. The molecule has 0 bridgehead atoms. The SMILES string of the molecule is CCN(C)CC(=O)N1CCC(N2CCCC(C(=O)NCc3ccccn3)C2)CC1. The zero-order valence-electron chi connectivity index (χ0n) is 17.8. The Morgan fingerprint density at radius 1 is 1.21 bits per heavy atom. The van der Waals surface area contributed by atoms with Crippen molar-refractivity contribution in [3.05, 3.63) is 30.1 Å². The van der Waals surface area contributed by atoms with E-state index in [1.807, 2.05) is 35.0 Å². The monoisotopic (exact) mass is 401 g/mol. The van der Waals surface area contributed by atoms with Crippen molar-refractivity contribution in [2.45, 2.75) is 45.2 Å². The van der Waals surface area contributed by atoms with Crippen LogP contribution in [0.25, 0.3) is 0 Å². The number of aromatic nitrogens is 1. The van der Waals surface area contributed by atoms with Crippen molar-refractivity contribution in [1.82, 2.24) is 25.0 Å². The summed E-state index contributed by atoms with van der Waals surface area (Å²) >= 11 is 0. The van der Waals surface area contributed by atoms with Crippen LogP contribution in [0.2, 0.25) is 0 Å². The Morgan fingerprint density at radius 3 is 2.69 bits per heavy atom. The molecule has 0 saturated carbocycles. The van der Waals surface area contributed by atoms with Gasteiger partial charge in [-0.15, -0.1) is 0 Å². The maximum Gasteiger partial charge on any atom is 0.236 e. The number of nitrogens with zero attached hydrogens (tertiary/aromatic N) is 4. The van der Waals surface area contributed by atoms with Crippen LogP contribution in [0, 0.1) is 5.92 Å². The molecule has 7 nitrogen and oxygen atoms in total. The Balaban J connectivity index is 1.43. The second kappa shape index (κ2) is 10.7. The molecule has 0 aliphatic carbocycles. The first-order valence-electron chi connectivity index (χ1n) is 10.9. The lowest BCUT2D eigenvalue weighted by Gasteiger charge is -2.42. The lowest BCUT2D eigenvalue weighted by Crippen LogP contribution is -2.52. The molecule has 0 spiro atoms. The summed E-state index contributed by atoms with van der Waals surface area (Å²) in [5.41, 5.74) is 0.888. The van der Waals surface area contributed by atoms with Gasteiger partial charge in [0.1, 0.15) is 0 Å². The molecule has 3 rings (SSSR count). The Kier molecular flexibility index (Phi) is 8.00. The molecule has 1 aromatic rings. The van der Waals surface area contributed by atoms with E-state index in [-0.39, 0.29) is 17.7 Å². The normalized spacial score (nSPS) is 21.3. The summed E-state index contributed by atoms with van der Waals surface area (Å²) in [6.45, 7) is 7.49. The molecule has 1 aromatic heterocycles. The first-order valence-corrected chi connectivity index (χ1v) is 10.9. The smallest absolute Gasteiger partial charge is 0.236 e. The molecule has 2 amide bonds. The van der Waals surface area contributed by atoms with Crippen molar-refractivity contribution in [2.24, 2.45) is 5.92 Å². The molecule has 2 fully saturated rings. The molecule has 1 N–H and O–H groups in total.